The molecule has 41 heavy (non-hydrogen) atoms. The highest BCUT2D eigenvalue weighted by atomic mass is 16.5. The Bertz CT molecular complexity index is 1100. The summed E-state index contributed by atoms with van der Waals surface area (Å²) in [6.07, 6.45) is 22.6. The van der Waals surface area contributed by atoms with E-state index in [0.29, 0.717) is 18.8 Å². The van der Waals surface area contributed by atoms with Crippen molar-refractivity contribution in [2.24, 2.45) is 0 Å². The largest absolute Gasteiger partial charge is 0.489 e. The van der Waals surface area contributed by atoms with Gasteiger partial charge in [0.1, 0.15) is 12.4 Å². The van der Waals surface area contributed by atoms with E-state index in [-0.39, 0.29) is 5.97 Å². The average molecular weight is 559 g/mol. The summed E-state index contributed by atoms with van der Waals surface area (Å²) in [7, 11) is 0. The van der Waals surface area contributed by atoms with Gasteiger partial charge in [-0.05, 0) is 66.8 Å². The third-order valence-electron chi connectivity index (χ3n) is 7.46. The van der Waals surface area contributed by atoms with Gasteiger partial charge in [-0.3, -0.25) is 0 Å². The SMILES string of the molecule is CCCCCCCCCCc1cnc(-c2ccc(OCc3ccc(C(=O)OCCCCCCCC)cc3)cc2)nc1. The highest BCUT2D eigenvalue weighted by Crippen LogP contribution is 2.21. The molecule has 0 N–H and O–H groups in total. The Kier molecular flexibility index (Phi) is 15.6. The van der Waals surface area contributed by atoms with Gasteiger partial charge < -0.3 is 9.47 Å². The maximum absolute atomic E-state index is 12.3. The third-order valence-corrected chi connectivity index (χ3v) is 7.46. The van der Waals surface area contributed by atoms with Crippen molar-refractivity contribution in [3.8, 4) is 17.1 Å². The first-order chi connectivity index (χ1) is 20.2. The van der Waals surface area contributed by atoms with Crippen molar-refractivity contribution in [2.75, 3.05) is 6.61 Å². The number of nitrogens with zero attached hydrogens (tertiary/aromatic N) is 2. The van der Waals surface area contributed by atoms with Crippen LogP contribution >= 0.6 is 0 Å². The maximum Gasteiger partial charge on any atom is 0.338 e. The molecule has 5 nitrogen and oxygen atoms in total. The molecule has 1 heterocycles. The molecule has 0 saturated carbocycles. The number of ether oxygens (including phenoxy) is 2. The van der Waals surface area contributed by atoms with Crippen molar-refractivity contribution >= 4 is 5.97 Å². The molecular weight excluding hydrogens is 508 g/mol. The number of hydrogen-bond donors (Lipinski definition) is 0. The smallest absolute Gasteiger partial charge is 0.338 e. The molecular formula is C36H50N2O3. The average Bonchev–Trinajstić information content (AvgIpc) is 3.01. The van der Waals surface area contributed by atoms with Crippen LogP contribution < -0.4 is 4.74 Å². The lowest BCUT2D eigenvalue weighted by Crippen LogP contribution is -2.06. The Morgan fingerprint density at radius 3 is 1.80 bits per heavy atom. The van der Waals surface area contributed by atoms with E-state index in [1.807, 2.05) is 48.8 Å². The van der Waals surface area contributed by atoms with Gasteiger partial charge in [0.25, 0.3) is 0 Å². The summed E-state index contributed by atoms with van der Waals surface area (Å²) in [5.41, 5.74) is 3.75. The molecule has 0 radical (unpaired) electrons. The lowest BCUT2D eigenvalue weighted by atomic mass is 10.1. The molecule has 5 heteroatoms. The molecule has 0 aliphatic carbocycles. The number of carbonyl (C=O) groups is 1. The number of carbonyl (C=O) groups excluding carboxylic acids is 1. The van der Waals surface area contributed by atoms with Crippen LogP contribution in [0.25, 0.3) is 11.4 Å². The second-order valence-electron chi connectivity index (χ2n) is 11.1. The summed E-state index contributed by atoms with van der Waals surface area (Å²) >= 11 is 0. The molecule has 2 aromatic carbocycles. The number of benzene rings is 2. The van der Waals surface area contributed by atoms with Gasteiger partial charge in [0, 0.05) is 18.0 Å². The van der Waals surface area contributed by atoms with E-state index in [9.17, 15) is 4.79 Å². The topological polar surface area (TPSA) is 61.3 Å². The molecule has 3 aromatic rings. The van der Waals surface area contributed by atoms with Gasteiger partial charge in [0.15, 0.2) is 5.82 Å². The zero-order valence-corrected chi connectivity index (χ0v) is 25.4. The highest BCUT2D eigenvalue weighted by molar-refractivity contribution is 5.89. The Balaban J connectivity index is 1.34. The minimum atomic E-state index is -0.259. The lowest BCUT2D eigenvalue weighted by molar-refractivity contribution is 0.0497. The molecule has 222 valence electrons. The van der Waals surface area contributed by atoms with E-state index in [0.717, 1.165) is 42.0 Å². The first kappa shape index (κ1) is 32.3. The van der Waals surface area contributed by atoms with Crippen LogP contribution in [-0.2, 0) is 17.8 Å². The van der Waals surface area contributed by atoms with Crippen LogP contribution in [0.15, 0.2) is 60.9 Å². The second-order valence-corrected chi connectivity index (χ2v) is 11.1. The Hall–Kier alpha value is -3.21. The number of esters is 1. The van der Waals surface area contributed by atoms with Crippen LogP contribution in [0.2, 0.25) is 0 Å². The van der Waals surface area contributed by atoms with Gasteiger partial charge in [-0.25, -0.2) is 14.8 Å². The van der Waals surface area contributed by atoms with E-state index in [4.69, 9.17) is 9.47 Å². The predicted octanol–water partition coefficient (Wildman–Crippen LogP) is 9.92. The summed E-state index contributed by atoms with van der Waals surface area (Å²) < 4.78 is 11.4. The molecule has 0 atom stereocenters. The van der Waals surface area contributed by atoms with E-state index in [1.54, 1.807) is 12.1 Å². The molecule has 0 aliphatic rings. The molecule has 0 saturated heterocycles. The Morgan fingerprint density at radius 2 is 1.20 bits per heavy atom. The number of hydrogen-bond acceptors (Lipinski definition) is 5. The van der Waals surface area contributed by atoms with E-state index in [2.05, 4.69) is 23.8 Å². The third kappa shape index (κ3) is 12.9. The Labute approximate surface area is 248 Å². The van der Waals surface area contributed by atoms with Crippen LogP contribution in [0, 0.1) is 0 Å². The van der Waals surface area contributed by atoms with Gasteiger partial charge in [0.05, 0.1) is 12.2 Å². The van der Waals surface area contributed by atoms with Gasteiger partial charge in [-0.15, -0.1) is 0 Å². The monoisotopic (exact) mass is 558 g/mol. The molecule has 0 bridgehead atoms. The molecule has 0 spiro atoms. The Morgan fingerprint density at radius 1 is 0.634 bits per heavy atom. The van der Waals surface area contributed by atoms with Crippen LogP contribution in [0.4, 0.5) is 0 Å². The highest BCUT2D eigenvalue weighted by Gasteiger charge is 2.08. The van der Waals surface area contributed by atoms with Crippen LogP contribution in [0.1, 0.15) is 125 Å². The fourth-order valence-electron chi connectivity index (χ4n) is 4.83. The van der Waals surface area contributed by atoms with Crippen molar-refractivity contribution in [3.63, 3.8) is 0 Å². The van der Waals surface area contributed by atoms with Crippen molar-refractivity contribution < 1.29 is 14.3 Å². The fraction of sp³-hybridized carbons (Fsp3) is 0.528. The number of aryl methyl sites for hydroxylation is 1. The van der Waals surface area contributed by atoms with E-state index >= 15 is 0 Å². The molecule has 0 fully saturated rings. The van der Waals surface area contributed by atoms with E-state index < -0.39 is 0 Å². The number of aromatic nitrogens is 2. The number of rotatable bonds is 21. The summed E-state index contributed by atoms with van der Waals surface area (Å²) in [6.45, 7) is 5.39. The fourth-order valence-corrected chi connectivity index (χ4v) is 4.83. The minimum Gasteiger partial charge on any atom is -0.489 e. The summed E-state index contributed by atoms with van der Waals surface area (Å²) in [5, 5.41) is 0. The molecule has 1 aromatic heterocycles. The standard InChI is InChI=1S/C36H50N2O3/c1-3-5-7-9-11-12-13-15-17-31-27-37-35(38-28-31)32-22-24-34(25-23-32)41-29-30-18-20-33(21-19-30)36(39)40-26-16-14-10-8-6-4-2/h18-25,27-28H,3-17,26,29H2,1-2H3. The van der Waals surface area contributed by atoms with Crippen molar-refractivity contribution in [1.82, 2.24) is 9.97 Å². The summed E-state index contributed by atoms with van der Waals surface area (Å²) in [6, 6.07) is 15.3. The van der Waals surface area contributed by atoms with Gasteiger partial charge in [-0.2, -0.15) is 0 Å². The normalized spacial score (nSPS) is 11.0. The lowest BCUT2D eigenvalue weighted by Gasteiger charge is -2.09. The van der Waals surface area contributed by atoms with Crippen LogP contribution in [0.3, 0.4) is 0 Å². The van der Waals surface area contributed by atoms with Gasteiger partial charge in [0.2, 0.25) is 0 Å². The quantitative estimate of drug-likeness (QED) is 0.0961. The zero-order valence-electron chi connectivity index (χ0n) is 25.4. The van der Waals surface area contributed by atoms with Gasteiger partial charge in [-0.1, -0.05) is 103 Å². The van der Waals surface area contributed by atoms with Gasteiger partial charge >= 0.3 is 5.97 Å². The van der Waals surface area contributed by atoms with Crippen molar-refractivity contribution in [2.45, 2.75) is 117 Å². The molecule has 0 unspecified atom stereocenters. The minimum absolute atomic E-state index is 0.259. The van der Waals surface area contributed by atoms with E-state index in [1.165, 1.54) is 82.6 Å². The zero-order chi connectivity index (χ0) is 29.0. The summed E-state index contributed by atoms with van der Waals surface area (Å²) in [4.78, 5) is 21.5. The first-order valence-electron chi connectivity index (χ1n) is 16.0. The number of unbranched alkanes of at least 4 members (excludes halogenated alkanes) is 12. The van der Waals surface area contributed by atoms with Crippen LogP contribution in [-0.4, -0.2) is 22.5 Å². The maximum atomic E-state index is 12.3. The van der Waals surface area contributed by atoms with Crippen molar-refractivity contribution in [3.05, 3.63) is 77.6 Å². The molecule has 3 rings (SSSR count). The first-order valence-corrected chi connectivity index (χ1v) is 16.0. The van der Waals surface area contributed by atoms with Crippen molar-refractivity contribution in [1.29, 1.82) is 0 Å². The molecule has 0 aliphatic heterocycles. The van der Waals surface area contributed by atoms with Crippen LogP contribution in [0.5, 0.6) is 5.75 Å². The predicted molar refractivity (Wildman–Crippen MR) is 168 cm³/mol. The second kappa shape index (κ2) is 19.8. The molecule has 0 amide bonds. The summed E-state index contributed by atoms with van der Waals surface area (Å²) in [5.74, 6) is 1.25.